The van der Waals surface area contributed by atoms with Gasteiger partial charge in [0, 0.05) is 11.4 Å². The standard InChI is InChI=1S/2C6H7NO3S.Co/c2*7-5-1-3-6(4-2-5)11(8,9)10;/h2*1-4H,7H2,(H,8,9,10);/q;;+2/p-2. The first-order valence-electron chi connectivity index (χ1n) is 5.63. The Morgan fingerprint density at radius 2 is 0.826 bits per heavy atom. The number of nitrogens with two attached hydrogens (primary N) is 2. The second kappa shape index (κ2) is 8.28. The van der Waals surface area contributed by atoms with Crippen molar-refractivity contribution in [2.24, 2.45) is 0 Å². The molecule has 0 amide bonds. The summed E-state index contributed by atoms with van der Waals surface area (Å²) in [5.74, 6) is 0. The zero-order valence-electron chi connectivity index (χ0n) is 11.4. The second-order valence-electron chi connectivity index (χ2n) is 4.05. The van der Waals surface area contributed by atoms with E-state index in [0.717, 1.165) is 0 Å². The minimum Gasteiger partial charge on any atom is -0.744 e. The van der Waals surface area contributed by atoms with Gasteiger partial charge in [0.15, 0.2) is 0 Å². The summed E-state index contributed by atoms with van der Waals surface area (Å²) in [6.07, 6.45) is 0. The van der Waals surface area contributed by atoms with Crippen molar-refractivity contribution in [2.45, 2.75) is 9.79 Å². The fraction of sp³-hybridized carbons (Fsp3) is 0. The van der Waals surface area contributed by atoms with Gasteiger partial charge in [-0.2, -0.15) is 0 Å². The molecule has 0 spiro atoms. The Morgan fingerprint density at radius 3 is 1.00 bits per heavy atom. The SMILES string of the molecule is Nc1ccc(S(=O)(=O)[O-])cc1.Nc1ccc(S(=O)(=O)[O-])cc1.[Co+2]. The Morgan fingerprint density at radius 1 is 0.609 bits per heavy atom. The van der Waals surface area contributed by atoms with E-state index in [1.807, 2.05) is 0 Å². The summed E-state index contributed by atoms with van der Waals surface area (Å²) >= 11 is 0. The molecular weight excluding hydrogens is 391 g/mol. The first kappa shape index (κ1) is 21.4. The number of benzene rings is 2. The molecule has 127 valence electrons. The largest absolute Gasteiger partial charge is 2.00 e. The summed E-state index contributed by atoms with van der Waals surface area (Å²) in [6.45, 7) is 0. The summed E-state index contributed by atoms with van der Waals surface area (Å²) < 4.78 is 62.1. The maximum absolute atomic E-state index is 10.3. The average molecular weight is 403 g/mol. The number of nitrogen functional groups attached to an aromatic ring is 2. The Bertz CT molecular complexity index is 761. The van der Waals surface area contributed by atoms with Crippen molar-refractivity contribution in [1.82, 2.24) is 0 Å². The topological polar surface area (TPSA) is 166 Å². The van der Waals surface area contributed by atoms with Gasteiger partial charge in [-0.1, -0.05) is 0 Å². The maximum Gasteiger partial charge on any atom is 2.00 e. The van der Waals surface area contributed by atoms with Gasteiger partial charge in [-0.25, -0.2) is 16.8 Å². The Labute approximate surface area is 144 Å². The van der Waals surface area contributed by atoms with E-state index in [-0.39, 0.29) is 26.6 Å². The monoisotopic (exact) mass is 403 g/mol. The minimum absolute atomic E-state index is 0. The summed E-state index contributed by atoms with van der Waals surface area (Å²) in [4.78, 5) is -0.515. The van der Waals surface area contributed by atoms with Crippen LogP contribution in [-0.4, -0.2) is 25.9 Å². The predicted octanol–water partition coefficient (Wildman–Crippen LogP) is 0.343. The molecule has 2 aromatic rings. The van der Waals surface area contributed by atoms with Crippen molar-refractivity contribution in [1.29, 1.82) is 0 Å². The Hall–Kier alpha value is -1.63. The van der Waals surface area contributed by atoms with Crippen LogP contribution in [0.25, 0.3) is 0 Å². The van der Waals surface area contributed by atoms with E-state index in [4.69, 9.17) is 11.5 Å². The van der Waals surface area contributed by atoms with Crippen LogP contribution >= 0.6 is 0 Å². The Balaban J connectivity index is 0.000000403. The molecule has 0 saturated carbocycles. The molecule has 2 rings (SSSR count). The quantitative estimate of drug-likeness (QED) is 0.535. The van der Waals surface area contributed by atoms with Gasteiger partial charge < -0.3 is 20.6 Å². The maximum atomic E-state index is 10.3. The van der Waals surface area contributed by atoms with E-state index >= 15 is 0 Å². The third-order valence-corrected chi connectivity index (χ3v) is 4.04. The smallest absolute Gasteiger partial charge is 0.744 e. The minimum atomic E-state index is -4.33. The first-order chi connectivity index (χ1) is 10.00. The molecule has 0 aliphatic carbocycles. The van der Waals surface area contributed by atoms with Gasteiger partial charge in [0.1, 0.15) is 20.2 Å². The van der Waals surface area contributed by atoms with E-state index in [9.17, 15) is 25.9 Å². The van der Waals surface area contributed by atoms with Crippen molar-refractivity contribution in [3.8, 4) is 0 Å². The second-order valence-corrected chi connectivity index (χ2v) is 6.81. The molecule has 2 aromatic carbocycles. The van der Waals surface area contributed by atoms with Gasteiger partial charge in [-0.3, -0.25) is 0 Å². The first-order valence-corrected chi connectivity index (χ1v) is 8.44. The molecule has 0 fully saturated rings. The van der Waals surface area contributed by atoms with Gasteiger partial charge in [0.25, 0.3) is 0 Å². The Kier molecular flexibility index (Phi) is 7.70. The number of anilines is 2. The van der Waals surface area contributed by atoms with Gasteiger partial charge in [0.05, 0.1) is 9.79 Å². The summed E-state index contributed by atoms with van der Waals surface area (Å²) in [7, 11) is -8.65. The molecule has 4 N–H and O–H groups in total. The molecule has 0 saturated heterocycles. The molecule has 1 radical (unpaired) electrons. The fourth-order valence-corrected chi connectivity index (χ4v) is 2.21. The normalized spacial score (nSPS) is 10.9. The summed E-state index contributed by atoms with van der Waals surface area (Å²) in [5, 5.41) is 0. The van der Waals surface area contributed by atoms with Crippen LogP contribution in [0.15, 0.2) is 58.3 Å². The van der Waals surface area contributed by atoms with E-state index in [0.29, 0.717) is 11.4 Å². The molecule has 0 bridgehead atoms. The zero-order valence-corrected chi connectivity index (χ0v) is 14.0. The van der Waals surface area contributed by atoms with Crippen molar-refractivity contribution >= 4 is 31.6 Å². The van der Waals surface area contributed by atoms with Crippen LogP contribution in [-0.2, 0) is 37.0 Å². The fourth-order valence-electron chi connectivity index (χ4n) is 1.27. The molecule has 23 heavy (non-hydrogen) atoms. The molecule has 0 atom stereocenters. The van der Waals surface area contributed by atoms with E-state index < -0.39 is 20.2 Å². The summed E-state index contributed by atoms with van der Waals surface area (Å²) in [6, 6.07) is 10.2. The van der Waals surface area contributed by atoms with Crippen LogP contribution in [0.5, 0.6) is 0 Å². The number of hydrogen-bond acceptors (Lipinski definition) is 8. The molecule has 0 unspecified atom stereocenters. The van der Waals surface area contributed by atoms with E-state index in [1.165, 1.54) is 48.5 Å². The molecule has 0 aliphatic heterocycles. The molecule has 8 nitrogen and oxygen atoms in total. The predicted molar refractivity (Wildman–Crippen MR) is 77.6 cm³/mol. The van der Waals surface area contributed by atoms with Gasteiger partial charge >= 0.3 is 16.8 Å². The van der Waals surface area contributed by atoms with Crippen LogP contribution in [0.2, 0.25) is 0 Å². The average Bonchev–Trinajstić information content (AvgIpc) is 2.38. The van der Waals surface area contributed by atoms with Crippen molar-refractivity contribution in [3.63, 3.8) is 0 Å². The van der Waals surface area contributed by atoms with Gasteiger partial charge in [-0.05, 0) is 48.5 Å². The van der Waals surface area contributed by atoms with Crippen LogP contribution in [0.4, 0.5) is 11.4 Å². The van der Waals surface area contributed by atoms with Crippen molar-refractivity contribution < 1.29 is 42.7 Å². The molecule has 11 heteroatoms. The van der Waals surface area contributed by atoms with Crippen LogP contribution in [0.1, 0.15) is 0 Å². The third-order valence-electron chi connectivity index (χ3n) is 2.34. The molecule has 0 heterocycles. The van der Waals surface area contributed by atoms with Gasteiger partial charge in [-0.15, -0.1) is 0 Å². The van der Waals surface area contributed by atoms with E-state index in [2.05, 4.69) is 0 Å². The van der Waals surface area contributed by atoms with E-state index in [1.54, 1.807) is 0 Å². The zero-order chi connectivity index (χ0) is 17.0. The van der Waals surface area contributed by atoms with Crippen LogP contribution in [0, 0.1) is 0 Å². The van der Waals surface area contributed by atoms with Gasteiger partial charge in [0.2, 0.25) is 0 Å². The van der Waals surface area contributed by atoms with Crippen LogP contribution < -0.4 is 11.5 Å². The van der Waals surface area contributed by atoms with Crippen molar-refractivity contribution in [2.75, 3.05) is 11.5 Å². The number of hydrogen-bond donors (Lipinski definition) is 2. The molecule has 0 aliphatic rings. The van der Waals surface area contributed by atoms with Crippen molar-refractivity contribution in [3.05, 3.63) is 48.5 Å². The third kappa shape index (κ3) is 7.45. The van der Waals surface area contributed by atoms with Crippen LogP contribution in [0.3, 0.4) is 0 Å². The number of rotatable bonds is 2. The molecule has 0 aromatic heterocycles. The molecular formula is C12H12CoN2O6S2. The summed E-state index contributed by atoms with van der Waals surface area (Å²) in [5.41, 5.74) is 11.4.